The van der Waals surface area contributed by atoms with Crippen molar-refractivity contribution >= 4 is 29.7 Å². The quantitative estimate of drug-likeness (QED) is 0.0489. The number of rotatable bonds is 17. The molecule has 3 fully saturated rings. The van der Waals surface area contributed by atoms with Crippen molar-refractivity contribution in [2.45, 2.75) is 98.3 Å². The van der Waals surface area contributed by atoms with E-state index in [4.69, 9.17) is 47.4 Å². The van der Waals surface area contributed by atoms with E-state index in [2.05, 4.69) is 0 Å². The number of hydrogen-bond donors (Lipinski definition) is 0. The largest absolute Gasteiger partial charge is 0.462 e. The zero-order chi connectivity index (χ0) is 47.9. The molecule has 3 heterocycles. The number of carbonyl (C=O) groups is 3. The maximum atomic E-state index is 14.1. The standard InChI is InChI=1S/C56H54O13S/c57-46-31-47(58)67-51-49(44(36-60-32-38-19-7-1-8-20-38)66-56(70-43-29-17-6-18-30-43)53(51)68-54(59)42-27-15-5-16-28-42)69-55-52(64-35-41-25-13-4-14-26-41)50(63-34-40-23-11-3-12-24-40)48(45(65-55)37-61-46)62-33-39-21-9-2-10-22-39/h1-30,44-45,48-53,55-56H,31-37H2/t44-,45-,48-,49-,50+,51+,52+,53-,55+,56+/m1/s1. The third-order valence-electron chi connectivity index (χ3n) is 11.9. The Hall–Kier alpha value is -6.20. The summed E-state index contributed by atoms with van der Waals surface area (Å²) in [4.78, 5) is 42.7. The van der Waals surface area contributed by atoms with Gasteiger partial charge in [0.05, 0.1) is 38.6 Å². The molecule has 0 saturated carbocycles. The first-order valence-electron chi connectivity index (χ1n) is 23.3. The van der Waals surface area contributed by atoms with Crippen molar-refractivity contribution in [1.82, 2.24) is 0 Å². The van der Waals surface area contributed by atoms with Gasteiger partial charge in [0, 0.05) is 4.90 Å². The van der Waals surface area contributed by atoms with E-state index in [0.717, 1.165) is 27.1 Å². The van der Waals surface area contributed by atoms with E-state index >= 15 is 0 Å². The molecule has 10 atom stereocenters. The Morgan fingerprint density at radius 2 is 1.01 bits per heavy atom. The first-order chi connectivity index (χ1) is 34.4. The monoisotopic (exact) mass is 966 g/mol. The van der Waals surface area contributed by atoms with Crippen molar-refractivity contribution in [1.29, 1.82) is 0 Å². The van der Waals surface area contributed by atoms with Gasteiger partial charge in [-0.25, -0.2) is 4.79 Å². The predicted octanol–water partition coefficient (Wildman–Crippen LogP) is 8.67. The summed E-state index contributed by atoms with van der Waals surface area (Å²) in [5, 5.41) is 0. The van der Waals surface area contributed by atoms with E-state index in [-0.39, 0.29) is 45.2 Å². The van der Waals surface area contributed by atoms with Crippen LogP contribution in [-0.2, 0) is 83.4 Å². The van der Waals surface area contributed by atoms with Crippen LogP contribution in [0.1, 0.15) is 39.0 Å². The second-order valence-electron chi connectivity index (χ2n) is 17.0. The van der Waals surface area contributed by atoms with E-state index in [1.165, 1.54) is 11.8 Å². The van der Waals surface area contributed by atoms with E-state index in [0.29, 0.717) is 0 Å². The number of hydrogen-bond acceptors (Lipinski definition) is 14. The van der Waals surface area contributed by atoms with Crippen LogP contribution in [0.3, 0.4) is 0 Å². The van der Waals surface area contributed by atoms with Crippen LogP contribution >= 0.6 is 11.8 Å². The number of ether oxygens (including phenoxy) is 10. The van der Waals surface area contributed by atoms with E-state index < -0.39 is 84.9 Å². The number of cyclic esters (lactones) is 1. The van der Waals surface area contributed by atoms with Crippen LogP contribution in [0, 0.1) is 0 Å². The van der Waals surface area contributed by atoms with Crippen LogP contribution in [0.4, 0.5) is 0 Å². The van der Waals surface area contributed by atoms with Gasteiger partial charge < -0.3 is 47.4 Å². The topological polar surface area (TPSA) is 144 Å². The molecule has 9 rings (SSSR count). The number of thioether (sulfide) groups is 1. The first-order valence-corrected chi connectivity index (χ1v) is 24.2. The Labute approximate surface area is 411 Å². The second-order valence-corrected chi connectivity index (χ2v) is 18.1. The van der Waals surface area contributed by atoms with Gasteiger partial charge in [0.25, 0.3) is 0 Å². The van der Waals surface area contributed by atoms with E-state index in [9.17, 15) is 14.4 Å². The molecule has 3 saturated heterocycles. The Kier molecular flexibility index (Phi) is 17.1. The first kappa shape index (κ1) is 48.8. The van der Waals surface area contributed by atoms with Gasteiger partial charge in [0.2, 0.25) is 0 Å². The molecule has 3 aliphatic heterocycles. The SMILES string of the molecule is O=C1CC(=O)O[C@@H]2[C@@H](OC(=O)c3ccccc3)[C@H](Sc3ccccc3)O[C@H](COCc3ccccc3)[C@H]2O[C@@H]2O[C@H](CO1)[C@@H](OCc1ccccc1)[C@H](OCc1ccccc1)[C@@H]2OCc1ccccc1. The average molecular weight is 967 g/mol. The van der Waals surface area contributed by atoms with Crippen LogP contribution in [0.15, 0.2) is 187 Å². The maximum absolute atomic E-state index is 14.1. The van der Waals surface area contributed by atoms with Crippen molar-refractivity contribution < 1.29 is 61.8 Å². The number of fused-ring (bicyclic) bond motifs is 3. The van der Waals surface area contributed by atoms with Gasteiger partial charge in [0.1, 0.15) is 55.1 Å². The summed E-state index contributed by atoms with van der Waals surface area (Å²) in [7, 11) is 0. The third kappa shape index (κ3) is 13.2. The number of esters is 3. The fourth-order valence-electron chi connectivity index (χ4n) is 8.48. The van der Waals surface area contributed by atoms with Crippen LogP contribution in [0.5, 0.6) is 0 Å². The van der Waals surface area contributed by atoms with Gasteiger partial charge in [0.15, 0.2) is 18.5 Å². The van der Waals surface area contributed by atoms with Crippen LogP contribution in [0.2, 0.25) is 0 Å². The summed E-state index contributed by atoms with van der Waals surface area (Å²) in [5.74, 6) is -2.49. The second kappa shape index (κ2) is 24.6. The van der Waals surface area contributed by atoms with Gasteiger partial charge in [-0.15, -0.1) is 0 Å². The minimum Gasteiger partial charge on any atom is -0.462 e. The van der Waals surface area contributed by atoms with Crippen LogP contribution < -0.4 is 0 Å². The van der Waals surface area contributed by atoms with Crippen LogP contribution in [-0.4, -0.2) is 91.7 Å². The Bertz CT molecular complexity index is 2540. The molecule has 2 bridgehead atoms. The number of carbonyl (C=O) groups excluding carboxylic acids is 3. The average Bonchev–Trinajstić information content (AvgIpc) is 3.39. The smallest absolute Gasteiger partial charge is 0.338 e. The summed E-state index contributed by atoms with van der Waals surface area (Å²) >= 11 is 1.28. The van der Waals surface area contributed by atoms with Crippen molar-refractivity contribution in [3.63, 3.8) is 0 Å². The van der Waals surface area contributed by atoms with E-state index in [1.54, 1.807) is 30.3 Å². The molecule has 0 N–H and O–H groups in total. The van der Waals surface area contributed by atoms with Crippen molar-refractivity contribution in [3.05, 3.63) is 210 Å². The van der Waals surface area contributed by atoms with Crippen LogP contribution in [0.25, 0.3) is 0 Å². The summed E-state index contributed by atoms with van der Waals surface area (Å²) in [6, 6.07) is 56.5. The van der Waals surface area contributed by atoms with Gasteiger partial charge in [-0.3, -0.25) is 9.59 Å². The molecule has 0 radical (unpaired) electrons. The van der Waals surface area contributed by atoms with Crippen molar-refractivity contribution in [2.24, 2.45) is 0 Å². The zero-order valence-electron chi connectivity index (χ0n) is 38.3. The molecule has 0 aromatic heterocycles. The van der Waals surface area contributed by atoms with Gasteiger partial charge >= 0.3 is 17.9 Å². The lowest BCUT2D eigenvalue weighted by Gasteiger charge is -2.50. The molecule has 0 amide bonds. The zero-order valence-corrected chi connectivity index (χ0v) is 39.1. The van der Waals surface area contributed by atoms with Crippen molar-refractivity contribution in [2.75, 3.05) is 13.2 Å². The van der Waals surface area contributed by atoms with Crippen molar-refractivity contribution in [3.8, 4) is 0 Å². The summed E-state index contributed by atoms with van der Waals surface area (Å²) in [6.07, 6.45) is -10.9. The lowest BCUT2D eigenvalue weighted by molar-refractivity contribution is -0.355. The Balaban J connectivity index is 1.14. The van der Waals surface area contributed by atoms with Gasteiger partial charge in [-0.1, -0.05) is 169 Å². The number of benzene rings is 6. The van der Waals surface area contributed by atoms with Gasteiger partial charge in [-0.05, 0) is 46.5 Å². The van der Waals surface area contributed by atoms with E-state index in [1.807, 2.05) is 152 Å². The fraction of sp³-hybridized carbons (Fsp3) is 0.304. The maximum Gasteiger partial charge on any atom is 0.338 e. The summed E-state index contributed by atoms with van der Waals surface area (Å²) < 4.78 is 66.5. The molecule has 0 spiro atoms. The molecule has 14 heteroatoms. The highest BCUT2D eigenvalue weighted by Gasteiger charge is 2.56. The molecule has 6 aromatic carbocycles. The molecule has 3 aliphatic rings. The fourth-order valence-corrected chi connectivity index (χ4v) is 9.60. The van der Waals surface area contributed by atoms with Gasteiger partial charge in [-0.2, -0.15) is 0 Å². The molecule has 13 nitrogen and oxygen atoms in total. The molecule has 6 aromatic rings. The summed E-state index contributed by atoms with van der Waals surface area (Å²) in [6.45, 7) is 0.239. The lowest BCUT2D eigenvalue weighted by Crippen LogP contribution is -2.66. The molecule has 70 heavy (non-hydrogen) atoms. The molecule has 0 aliphatic carbocycles. The molecule has 362 valence electrons. The Morgan fingerprint density at radius 1 is 0.514 bits per heavy atom. The summed E-state index contributed by atoms with van der Waals surface area (Å²) in [5.41, 5.74) is 2.83. The predicted molar refractivity (Wildman–Crippen MR) is 257 cm³/mol. The highest BCUT2D eigenvalue weighted by molar-refractivity contribution is 7.99. The third-order valence-corrected chi connectivity index (χ3v) is 13.1. The molecular formula is C56H54O13S. The molecular weight excluding hydrogens is 913 g/mol. The minimum atomic E-state index is -1.40. The highest BCUT2D eigenvalue weighted by Crippen LogP contribution is 2.41. The molecule has 0 unspecified atom stereocenters. The normalized spacial score (nSPS) is 25.8. The highest BCUT2D eigenvalue weighted by atomic mass is 32.2. The lowest BCUT2D eigenvalue weighted by atomic mass is 9.96. The Morgan fingerprint density at radius 3 is 1.59 bits per heavy atom. The minimum absolute atomic E-state index is 0.0662.